The maximum Gasteiger partial charge on any atom is 0.419 e. The van der Waals surface area contributed by atoms with E-state index in [0.29, 0.717) is 0 Å². The van der Waals surface area contributed by atoms with Crippen LogP contribution in [-0.4, -0.2) is 44.9 Å². The summed E-state index contributed by atoms with van der Waals surface area (Å²) in [5, 5.41) is 1.02. The first-order chi connectivity index (χ1) is 14.4. The number of carbonyl (C=O) groups excluding carboxylic acids is 2. The van der Waals surface area contributed by atoms with Crippen molar-refractivity contribution in [2.75, 3.05) is 0 Å². The zero-order chi connectivity index (χ0) is 22.6. The van der Waals surface area contributed by atoms with Gasteiger partial charge >= 0.3 is 12.2 Å². The van der Waals surface area contributed by atoms with E-state index in [0.717, 1.165) is 35.7 Å². The van der Waals surface area contributed by atoms with E-state index in [-0.39, 0.29) is 24.3 Å². The van der Waals surface area contributed by atoms with Crippen molar-refractivity contribution in [1.29, 1.82) is 0 Å². The van der Waals surface area contributed by atoms with Crippen LogP contribution < -0.4 is 0 Å². The molecule has 3 heterocycles. The number of rotatable bonds is 1. The van der Waals surface area contributed by atoms with Crippen LogP contribution in [-0.2, 0) is 9.47 Å². The van der Waals surface area contributed by atoms with Gasteiger partial charge in [0.15, 0.2) is 0 Å². The predicted octanol–water partition coefficient (Wildman–Crippen LogP) is 5.98. The number of aromatic nitrogens is 1. The summed E-state index contributed by atoms with van der Waals surface area (Å²) >= 11 is 0. The molecular formula is C25H32N2O4. The standard InChI is InChI=1S/C25H32N2O4/c1-24(2,3)30-22(28)26-15-20(19-9-7-8-10-21(19)26)16-13-17-11-12-18(14-16)27(17)23(29)31-25(4,5)6/h7-10,13,15,17-18H,11-12,14H2,1-6H3. The lowest BCUT2D eigenvalue weighted by molar-refractivity contribution is 0.0175. The Kier molecular flexibility index (Phi) is 5.15. The first-order valence-corrected chi connectivity index (χ1v) is 11.0. The fraction of sp³-hybridized carbons (Fsp3) is 0.520. The second-order valence-corrected chi connectivity index (χ2v) is 10.5. The van der Waals surface area contributed by atoms with Gasteiger partial charge in [0.2, 0.25) is 0 Å². The summed E-state index contributed by atoms with van der Waals surface area (Å²) in [5.41, 5.74) is 1.95. The third-order valence-corrected chi connectivity index (χ3v) is 5.65. The van der Waals surface area contributed by atoms with Crippen LogP contribution in [0, 0.1) is 0 Å². The molecule has 31 heavy (non-hydrogen) atoms. The van der Waals surface area contributed by atoms with E-state index in [9.17, 15) is 9.59 Å². The molecule has 2 aliphatic rings. The summed E-state index contributed by atoms with van der Waals surface area (Å²) in [6.45, 7) is 11.3. The van der Waals surface area contributed by atoms with Gasteiger partial charge in [0, 0.05) is 23.2 Å². The van der Waals surface area contributed by atoms with Gasteiger partial charge < -0.3 is 9.47 Å². The number of para-hydroxylation sites is 1. The second kappa shape index (κ2) is 7.43. The van der Waals surface area contributed by atoms with Gasteiger partial charge in [0.1, 0.15) is 11.2 Å². The largest absolute Gasteiger partial charge is 0.444 e. The Morgan fingerprint density at radius 2 is 1.58 bits per heavy atom. The molecule has 0 aliphatic carbocycles. The maximum atomic E-state index is 12.8. The number of benzene rings is 1. The zero-order valence-corrected chi connectivity index (χ0v) is 19.3. The molecule has 6 nitrogen and oxygen atoms in total. The van der Waals surface area contributed by atoms with Crippen molar-refractivity contribution in [3.63, 3.8) is 0 Å². The normalized spacial score (nSPS) is 21.2. The molecular weight excluding hydrogens is 392 g/mol. The van der Waals surface area contributed by atoms with Crippen molar-refractivity contribution in [3.05, 3.63) is 42.1 Å². The Labute approximate surface area is 183 Å². The molecule has 1 fully saturated rings. The van der Waals surface area contributed by atoms with E-state index >= 15 is 0 Å². The van der Waals surface area contributed by atoms with Crippen LogP contribution in [0.3, 0.4) is 0 Å². The van der Waals surface area contributed by atoms with Crippen molar-refractivity contribution in [1.82, 2.24) is 9.47 Å². The van der Waals surface area contributed by atoms with Crippen LogP contribution in [0.15, 0.2) is 36.5 Å². The van der Waals surface area contributed by atoms with Crippen LogP contribution in [0.1, 0.15) is 66.4 Å². The van der Waals surface area contributed by atoms with Gasteiger partial charge in [0.25, 0.3) is 0 Å². The van der Waals surface area contributed by atoms with Crippen molar-refractivity contribution >= 4 is 28.7 Å². The van der Waals surface area contributed by atoms with Crippen molar-refractivity contribution in [2.24, 2.45) is 0 Å². The highest BCUT2D eigenvalue weighted by Crippen LogP contribution is 2.41. The van der Waals surface area contributed by atoms with Gasteiger partial charge in [-0.15, -0.1) is 0 Å². The zero-order valence-electron chi connectivity index (χ0n) is 19.3. The third kappa shape index (κ3) is 4.34. The molecule has 4 rings (SSSR count). The topological polar surface area (TPSA) is 60.8 Å². The van der Waals surface area contributed by atoms with E-state index in [4.69, 9.17) is 9.47 Å². The highest BCUT2D eigenvalue weighted by Gasteiger charge is 2.42. The fourth-order valence-corrected chi connectivity index (χ4v) is 4.53. The Balaban J connectivity index is 1.68. The summed E-state index contributed by atoms with van der Waals surface area (Å²) in [7, 11) is 0. The molecule has 0 spiro atoms. The lowest BCUT2D eigenvalue weighted by Gasteiger charge is -2.35. The molecule has 2 aliphatic heterocycles. The number of carbonyl (C=O) groups is 2. The smallest absolute Gasteiger partial charge is 0.419 e. The average Bonchev–Trinajstić information content (AvgIpc) is 3.14. The van der Waals surface area contributed by atoms with Crippen molar-refractivity contribution in [3.8, 4) is 0 Å². The van der Waals surface area contributed by atoms with E-state index in [2.05, 4.69) is 6.08 Å². The molecule has 0 radical (unpaired) electrons. The van der Waals surface area contributed by atoms with Gasteiger partial charge in [-0.2, -0.15) is 0 Å². The van der Waals surface area contributed by atoms with Gasteiger partial charge in [-0.05, 0) is 72.4 Å². The summed E-state index contributed by atoms with van der Waals surface area (Å²) in [5.74, 6) is 0. The quantitative estimate of drug-likeness (QED) is 0.565. The summed E-state index contributed by atoms with van der Waals surface area (Å²) in [6.07, 6.45) is 6.06. The van der Waals surface area contributed by atoms with E-state index in [1.807, 2.05) is 76.9 Å². The first-order valence-electron chi connectivity index (χ1n) is 11.0. The summed E-state index contributed by atoms with van der Waals surface area (Å²) in [4.78, 5) is 27.5. The molecule has 2 aromatic rings. The number of nitrogens with zero attached hydrogens (tertiary/aromatic N) is 2. The molecule has 1 aromatic carbocycles. The highest BCUT2D eigenvalue weighted by molar-refractivity contribution is 5.98. The van der Waals surface area contributed by atoms with Gasteiger partial charge in [0.05, 0.1) is 11.6 Å². The Hall–Kier alpha value is -2.76. The number of fused-ring (bicyclic) bond motifs is 3. The van der Waals surface area contributed by atoms with Crippen LogP contribution in [0.5, 0.6) is 0 Å². The number of hydrogen-bond donors (Lipinski definition) is 0. The molecule has 2 bridgehead atoms. The highest BCUT2D eigenvalue weighted by atomic mass is 16.6. The van der Waals surface area contributed by atoms with E-state index in [1.54, 1.807) is 4.57 Å². The summed E-state index contributed by atoms with van der Waals surface area (Å²) < 4.78 is 12.9. The minimum absolute atomic E-state index is 0.0206. The Bertz CT molecular complexity index is 1050. The lowest BCUT2D eigenvalue weighted by atomic mass is 9.94. The third-order valence-electron chi connectivity index (χ3n) is 5.65. The van der Waals surface area contributed by atoms with E-state index < -0.39 is 11.2 Å². The summed E-state index contributed by atoms with van der Waals surface area (Å²) in [6, 6.07) is 8.02. The molecule has 1 saturated heterocycles. The Morgan fingerprint density at radius 1 is 0.935 bits per heavy atom. The predicted molar refractivity (Wildman–Crippen MR) is 121 cm³/mol. The molecule has 0 N–H and O–H groups in total. The number of hydrogen-bond acceptors (Lipinski definition) is 4. The fourth-order valence-electron chi connectivity index (χ4n) is 4.53. The maximum absolute atomic E-state index is 12.8. The monoisotopic (exact) mass is 424 g/mol. The Morgan fingerprint density at radius 3 is 2.23 bits per heavy atom. The first kappa shape index (κ1) is 21.5. The molecule has 1 amide bonds. The van der Waals surface area contributed by atoms with Crippen molar-refractivity contribution < 1.29 is 19.1 Å². The van der Waals surface area contributed by atoms with Crippen LogP contribution in [0.25, 0.3) is 16.5 Å². The molecule has 2 atom stereocenters. The van der Waals surface area contributed by atoms with Crippen LogP contribution >= 0.6 is 0 Å². The lowest BCUT2D eigenvalue weighted by Crippen LogP contribution is -2.45. The van der Waals surface area contributed by atoms with Crippen molar-refractivity contribution in [2.45, 2.75) is 84.1 Å². The molecule has 1 aromatic heterocycles. The average molecular weight is 425 g/mol. The van der Waals surface area contributed by atoms with Crippen LogP contribution in [0.2, 0.25) is 0 Å². The van der Waals surface area contributed by atoms with Gasteiger partial charge in [-0.1, -0.05) is 24.3 Å². The van der Waals surface area contributed by atoms with E-state index in [1.165, 1.54) is 5.57 Å². The van der Waals surface area contributed by atoms with Crippen LogP contribution in [0.4, 0.5) is 9.59 Å². The minimum atomic E-state index is -0.570. The number of amides is 1. The SMILES string of the molecule is CC(C)(C)OC(=O)N1C2C=C(c3cn(C(=O)OC(C)(C)C)c4ccccc34)CC1CC2. The van der Waals surface area contributed by atoms with Gasteiger partial charge in [-0.3, -0.25) is 9.47 Å². The number of ether oxygens (including phenoxy) is 2. The van der Waals surface area contributed by atoms with Gasteiger partial charge in [-0.25, -0.2) is 9.59 Å². The second-order valence-electron chi connectivity index (χ2n) is 10.5. The molecule has 166 valence electrons. The molecule has 2 unspecified atom stereocenters. The molecule has 0 saturated carbocycles. The molecule has 6 heteroatoms. The minimum Gasteiger partial charge on any atom is -0.444 e.